The van der Waals surface area contributed by atoms with Gasteiger partial charge in [-0.05, 0) is 6.92 Å². The molecule has 0 aliphatic heterocycles. The SMILES string of the molecule is CCNC(=O)C(F)(F)CN. The first kappa shape index (κ1) is 9.29. The van der Waals surface area contributed by atoms with Crippen LogP contribution in [0.5, 0.6) is 0 Å². The van der Waals surface area contributed by atoms with Crippen LogP contribution in [0.2, 0.25) is 0 Å². The van der Waals surface area contributed by atoms with Gasteiger partial charge >= 0.3 is 5.92 Å². The first-order chi connectivity index (χ1) is 4.54. The van der Waals surface area contributed by atoms with E-state index in [9.17, 15) is 13.6 Å². The van der Waals surface area contributed by atoms with E-state index in [-0.39, 0.29) is 6.54 Å². The largest absolute Gasteiger partial charge is 0.351 e. The van der Waals surface area contributed by atoms with Crippen LogP contribution < -0.4 is 11.1 Å². The van der Waals surface area contributed by atoms with Crippen molar-refractivity contribution in [1.29, 1.82) is 0 Å². The highest BCUT2D eigenvalue weighted by Gasteiger charge is 2.36. The Bertz CT molecular complexity index is 127. The third-order valence-electron chi connectivity index (χ3n) is 0.926. The summed E-state index contributed by atoms with van der Waals surface area (Å²) in [5, 5.41) is 1.97. The maximum absolute atomic E-state index is 12.2. The Kier molecular flexibility index (Phi) is 3.21. The van der Waals surface area contributed by atoms with E-state index in [1.54, 1.807) is 6.92 Å². The summed E-state index contributed by atoms with van der Waals surface area (Å²) in [4.78, 5) is 10.4. The lowest BCUT2D eigenvalue weighted by atomic mass is 10.3. The fourth-order valence-corrected chi connectivity index (χ4v) is 0.383. The molecule has 0 bridgehead atoms. The fourth-order valence-electron chi connectivity index (χ4n) is 0.383. The fraction of sp³-hybridized carbons (Fsp3) is 0.800. The van der Waals surface area contributed by atoms with Crippen molar-refractivity contribution >= 4 is 5.91 Å². The maximum atomic E-state index is 12.2. The van der Waals surface area contributed by atoms with E-state index in [0.29, 0.717) is 0 Å². The molecule has 0 saturated carbocycles. The zero-order valence-electron chi connectivity index (χ0n) is 5.66. The minimum absolute atomic E-state index is 0.189. The highest BCUT2D eigenvalue weighted by Crippen LogP contribution is 2.09. The predicted octanol–water partition coefficient (Wildman–Crippen LogP) is -0.283. The number of rotatable bonds is 3. The van der Waals surface area contributed by atoms with E-state index in [1.165, 1.54) is 0 Å². The molecule has 0 spiro atoms. The number of nitrogens with two attached hydrogens (primary N) is 1. The van der Waals surface area contributed by atoms with Gasteiger partial charge in [-0.3, -0.25) is 4.79 Å². The summed E-state index contributed by atoms with van der Waals surface area (Å²) in [6.45, 7) is 0.803. The number of carbonyl (C=O) groups excluding carboxylic acids is 1. The zero-order chi connectivity index (χ0) is 8.20. The lowest BCUT2D eigenvalue weighted by molar-refractivity contribution is -0.143. The Morgan fingerprint density at radius 2 is 2.20 bits per heavy atom. The standard InChI is InChI=1S/C5H10F2N2O/c1-2-9-4(10)5(6,7)3-8/h2-3,8H2,1H3,(H,9,10). The first-order valence-corrected chi connectivity index (χ1v) is 2.90. The van der Waals surface area contributed by atoms with E-state index in [0.717, 1.165) is 0 Å². The average molecular weight is 152 g/mol. The first-order valence-electron chi connectivity index (χ1n) is 2.90. The molecule has 0 saturated heterocycles. The van der Waals surface area contributed by atoms with Crippen molar-refractivity contribution in [3.8, 4) is 0 Å². The molecule has 0 atom stereocenters. The number of hydrogen-bond donors (Lipinski definition) is 2. The number of alkyl halides is 2. The van der Waals surface area contributed by atoms with Gasteiger partial charge in [0.2, 0.25) is 0 Å². The summed E-state index contributed by atoms with van der Waals surface area (Å²) in [6.07, 6.45) is 0. The van der Waals surface area contributed by atoms with Crippen molar-refractivity contribution in [2.24, 2.45) is 5.73 Å². The summed E-state index contributed by atoms with van der Waals surface area (Å²) in [6, 6.07) is 0. The van der Waals surface area contributed by atoms with Gasteiger partial charge in [-0.15, -0.1) is 0 Å². The molecule has 0 aliphatic carbocycles. The molecule has 3 N–H and O–H groups in total. The van der Waals surface area contributed by atoms with Crippen LogP contribution in [0, 0.1) is 0 Å². The summed E-state index contributed by atoms with van der Waals surface area (Å²) < 4.78 is 24.4. The van der Waals surface area contributed by atoms with Gasteiger partial charge in [0, 0.05) is 6.54 Å². The van der Waals surface area contributed by atoms with Gasteiger partial charge < -0.3 is 11.1 Å². The van der Waals surface area contributed by atoms with Crippen LogP contribution in [-0.4, -0.2) is 24.9 Å². The molecule has 0 rings (SSSR count). The third-order valence-corrected chi connectivity index (χ3v) is 0.926. The minimum Gasteiger partial charge on any atom is -0.351 e. The molecule has 0 aromatic rings. The van der Waals surface area contributed by atoms with Crippen LogP contribution in [0.1, 0.15) is 6.92 Å². The second-order valence-electron chi connectivity index (χ2n) is 1.77. The molecule has 5 heteroatoms. The predicted molar refractivity (Wildman–Crippen MR) is 32.7 cm³/mol. The van der Waals surface area contributed by atoms with Crippen LogP contribution >= 0.6 is 0 Å². The van der Waals surface area contributed by atoms with Gasteiger partial charge in [-0.2, -0.15) is 8.78 Å². The second kappa shape index (κ2) is 3.46. The quantitative estimate of drug-likeness (QED) is 0.584. The van der Waals surface area contributed by atoms with Crippen molar-refractivity contribution in [3.63, 3.8) is 0 Å². The number of hydrogen-bond acceptors (Lipinski definition) is 2. The third kappa shape index (κ3) is 2.26. The number of carbonyl (C=O) groups is 1. The molecular formula is C5H10F2N2O. The summed E-state index contributed by atoms with van der Waals surface area (Å²) in [5.74, 6) is -4.73. The number of nitrogens with one attached hydrogen (secondary N) is 1. The highest BCUT2D eigenvalue weighted by atomic mass is 19.3. The molecular weight excluding hydrogens is 142 g/mol. The van der Waals surface area contributed by atoms with Gasteiger partial charge in [0.25, 0.3) is 5.91 Å². The Balaban J connectivity index is 3.91. The van der Waals surface area contributed by atoms with E-state index in [4.69, 9.17) is 0 Å². The lowest BCUT2D eigenvalue weighted by Crippen LogP contribution is -2.45. The van der Waals surface area contributed by atoms with Crippen molar-refractivity contribution in [2.45, 2.75) is 12.8 Å². The normalized spacial score (nSPS) is 11.2. The summed E-state index contributed by atoms with van der Waals surface area (Å²) in [5.41, 5.74) is 4.63. The Morgan fingerprint density at radius 3 is 2.50 bits per heavy atom. The molecule has 1 amide bonds. The van der Waals surface area contributed by atoms with Crippen LogP contribution in [0.3, 0.4) is 0 Å². The van der Waals surface area contributed by atoms with Gasteiger partial charge in [0.1, 0.15) is 0 Å². The molecule has 0 heterocycles. The van der Waals surface area contributed by atoms with Crippen molar-refractivity contribution in [2.75, 3.05) is 13.1 Å². The molecule has 3 nitrogen and oxygen atoms in total. The average Bonchev–Trinajstić information content (AvgIpc) is 1.89. The molecule has 0 aromatic heterocycles. The molecule has 0 unspecified atom stereocenters. The van der Waals surface area contributed by atoms with Gasteiger partial charge in [0.05, 0.1) is 6.54 Å². The topological polar surface area (TPSA) is 55.1 Å². The lowest BCUT2D eigenvalue weighted by Gasteiger charge is -2.11. The van der Waals surface area contributed by atoms with Gasteiger partial charge in [0.15, 0.2) is 0 Å². The number of halogens is 2. The smallest absolute Gasteiger partial charge is 0.336 e. The maximum Gasteiger partial charge on any atom is 0.336 e. The van der Waals surface area contributed by atoms with Crippen LogP contribution in [0.15, 0.2) is 0 Å². The number of amides is 1. The molecule has 10 heavy (non-hydrogen) atoms. The molecule has 0 radical (unpaired) electrons. The highest BCUT2D eigenvalue weighted by molar-refractivity contribution is 5.83. The van der Waals surface area contributed by atoms with E-state index >= 15 is 0 Å². The summed E-state index contributed by atoms with van der Waals surface area (Å²) >= 11 is 0. The Morgan fingerprint density at radius 1 is 1.70 bits per heavy atom. The van der Waals surface area contributed by atoms with Crippen molar-refractivity contribution in [1.82, 2.24) is 5.32 Å². The molecule has 0 aromatic carbocycles. The Hall–Kier alpha value is -0.710. The van der Waals surface area contributed by atoms with E-state index < -0.39 is 18.4 Å². The molecule has 60 valence electrons. The van der Waals surface area contributed by atoms with Crippen LogP contribution in [-0.2, 0) is 4.79 Å². The molecule has 0 fully saturated rings. The summed E-state index contributed by atoms with van der Waals surface area (Å²) in [7, 11) is 0. The van der Waals surface area contributed by atoms with Crippen molar-refractivity contribution < 1.29 is 13.6 Å². The van der Waals surface area contributed by atoms with Gasteiger partial charge in [-0.1, -0.05) is 0 Å². The molecule has 0 aliphatic rings. The van der Waals surface area contributed by atoms with E-state index in [1.807, 2.05) is 5.32 Å². The Labute approximate surface area is 57.6 Å². The van der Waals surface area contributed by atoms with Crippen LogP contribution in [0.4, 0.5) is 8.78 Å². The van der Waals surface area contributed by atoms with Crippen LogP contribution in [0.25, 0.3) is 0 Å². The monoisotopic (exact) mass is 152 g/mol. The van der Waals surface area contributed by atoms with E-state index in [2.05, 4.69) is 5.73 Å². The van der Waals surface area contributed by atoms with Gasteiger partial charge in [-0.25, -0.2) is 0 Å². The second-order valence-corrected chi connectivity index (χ2v) is 1.77. The van der Waals surface area contributed by atoms with Crippen molar-refractivity contribution in [3.05, 3.63) is 0 Å². The minimum atomic E-state index is -3.42. The zero-order valence-corrected chi connectivity index (χ0v) is 5.66.